The Morgan fingerprint density at radius 1 is 0.283 bits per heavy atom. The van der Waals surface area contributed by atoms with E-state index in [1.54, 1.807) is 0 Å². The summed E-state index contributed by atoms with van der Waals surface area (Å²) in [6.07, 6.45) is 0. The van der Waals surface area contributed by atoms with Gasteiger partial charge in [-0.15, -0.1) is 0 Å². The first kappa shape index (κ1) is 35.2. The third kappa shape index (κ3) is 6.41. The van der Waals surface area contributed by atoms with E-state index in [-0.39, 0.29) is 0 Å². The standard InChI is InChI=1S/C58H39NO/c1-3-15-40(16-4-1)45-37-46(41-17-5-2-6-18-41)39-47(38-45)42-29-33-48(34-30-42)59(49-35-31-44(32-36-49)51-24-13-20-43-19-7-8-21-50(43)51)55-26-11-9-22-52(55)53-25-14-28-57-58(53)54-23-10-12-27-56(54)60-57/h1-39H. The predicted octanol–water partition coefficient (Wildman–Crippen LogP) is 16.5. The number of rotatable bonds is 8. The Morgan fingerprint density at radius 3 is 1.43 bits per heavy atom. The van der Waals surface area contributed by atoms with Gasteiger partial charge in [-0.25, -0.2) is 0 Å². The van der Waals surface area contributed by atoms with E-state index in [0.717, 1.165) is 55.7 Å². The average molecular weight is 766 g/mol. The Hall–Kier alpha value is -7.94. The molecule has 11 rings (SSSR count). The Labute approximate surface area is 349 Å². The Kier molecular flexibility index (Phi) is 8.87. The van der Waals surface area contributed by atoms with Gasteiger partial charge in [0.05, 0.1) is 5.69 Å². The summed E-state index contributed by atoms with van der Waals surface area (Å²) in [6.45, 7) is 0. The summed E-state index contributed by atoms with van der Waals surface area (Å²) in [7, 11) is 0. The van der Waals surface area contributed by atoms with Crippen LogP contribution in [0.15, 0.2) is 241 Å². The maximum atomic E-state index is 6.38. The summed E-state index contributed by atoms with van der Waals surface area (Å²) in [6, 6.07) is 84.9. The van der Waals surface area contributed by atoms with Gasteiger partial charge in [-0.2, -0.15) is 0 Å². The van der Waals surface area contributed by atoms with Crippen LogP contribution in [-0.2, 0) is 0 Å². The van der Waals surface area contributed by atoms with E-state index < -0.39 is 0 Å². The van der Waals surface area contributed by atoms with E-state index in [9.17, 15) is 0 Å². The van der Waals surface area contributed by atoms with Crippen molar-refractivity contribution in [3.05, 3.63) is 237 Å². The fourth-order valence-electron chi connectivity index (χ4n) is 8.78. The van der Waals surface area contributed by atoms with Crippen LogP contribution in [0.1, 0.15) is 0 Å². The zero-order valence-corrected chi connectivity index (χ0v) is 32.9. The topological polar surface area (TPSA) is 16.4 Å². The van der Waals surface area contributed by atoms with Crippen molar-refractivity contribution < 1.29 is 4.42 Å². The van der Waals surface area contributed by atoms with Gasteiger partial charge >= 0.3 is 0 Å². The van der Waals surface area contributed by atoms with Crippen molar-refractivity contribution in [1.29, 1.82) is 0 Å². The molecule has 1 heterocycles. The van der Waals surface area contributed by atoms with Gasteiger partial charge in [0.2, 0.25) is 0 Å². The highest BCUT2D eigenvalue weighted by molar-refractivity contribution is 6.14. The number of benzene rings is 10. The van der Waals surface area contributed by atoms with E-state index in [0.29, 0.717) is 0 Å². The molecule has 11 aromatic rings. The third-order valence-electron chi connectivity index (χ3n) is 11.7. The fraction of sp³-hybridized carbons (Fsp3) is 0. The van der Waals surface area contributed by atoms with Crippen molar-refractivity contribution >= 4 is 49.8 Å². The summed E-state index contributed by atoms with van der Waals surface area (Å²) < 4.78 is 6.38. The Bertz CT molecular complexity index is 3230. The lowest BCUT2D eigenvalue weighted by atomic mass is 9.93. The minimum Gasteiger partial charge on any atom is -0.456 e. The molecule has 60 heavy (non-hydrogen) atoms. The molecule has 1 aromatic heterocycles. The highest BCUT2D eigenvalue weighted by Crippen LogP contribution is 2.45. The van der Waals surface area contributed by atoms with Crippen molar-refractivity contribution in [2.24, 2.45) is 0 Å². The number of furan rings is 1. The molecular formula is C58H39NO. The zero-order valence-electron chi connectivity index (χ0n) is 32.9. The average Bonchev–Trinajstić information content (AvgIpc) is 3.72. The van der Waals surface area contributed by atoms with Gasteiger partial charge in [-0.1, -0.05) is 176 Å². The Morgan fingerprint density at radius 2 is 0.750 bits per heavy atom. The second kappa shape index (κ2) is 15.1. The van der Waals surface area contributed by atoms with Crippen molar-refractivity contribution in [3.8, 4) is 55.6 Å². The van der Waals surface area contributed by atoms with Gasteiger partial charge in [0, 0.05) is 27.7 Å². The molecule has 0 N–H and O–H groups in total. The molecule has 0 amide bonds. The molecule has 282 valence electrons. The van der Waals surface area contributed by atoms with Gasteiger partial charge in [-0.05, 0) is 122 Å². The van der Waals surface area contributed by atoms with E-state index in [4.69, 9.17) is 4.42 Å². The van der Waals surface area contributed by atoms with Crippen LogP contribution in [0.25, 0.3) is 88.3 Å². The van der Waals surface area contributed by atoms with Crippen molar-refractivity contribution in [3.63, 3.8) is 0 Å². The van der Waals surface area contributed by atoms with Crippen LogP contribution < -0.4 is 4.90 Å². The van der Waals surface area contributed by atoms with Crippen LogP contribution in [-0.4, -0.2) is 0 Å². The number of hydrogen-bond donors (Lipinski definition) is 0. The Balaban J connectivity index is 1.06. The molecule has 0 aliphatic rings. The van der Waals surface area contributed by atoms with Gasteiger partial charge in [0.25, 0.3) is 0 Å². The van der Waals surface area contributed by atoms with E-state index >= 15 is 0 Å². The maximum absolute atomic E-state index is 6.38. The van der Waals surface area contributed by atoms with Gasteiger partial charge < -0.3 is 9.32 Å². The fourth-order valence-corrected chi connectivity index (χ4v) is 8.78. The minimum atomic E-state index is 0.881. The quantitative estimate of drug-likeness (QED) is 0.153. The molecule has 0 saturated heterocycles. The van der Waals surface area contributed by atoms with Crippen molar-refractivity contribution in [2.75, 3.05) is 4.90 Å². The molecule has 0 atom stereocenters. The van der Waals surface area contributed by atoms with Crippen LogP contribution in [0, 0.1) is 0 Å². The molecule has 2 heteroatoms. The lowest BCUT2D eigenvalue weighted by molar-refractivity contribution is 0.669. The first-order valence-corrected chi connectivity index (χ1v) is 20.5. The summed E-state index contributed by atoms with van der Waals surface area (Å²) in [4.78, 5) is 2.39. The van der Waals surface area contributed by atoms with Crippen molar-refractivity contribution in [2.45, 2.75) is 0 Å². The van der Waals surface area contributed by atoms with Gasteiger partial charge in [0.1, 0.15) is 11.2 Å². The second-order valence-electron chi connectivity index (χ2n) is 15.3. The monoisotopic (exact) mass is 765 g/mol. The first-order valence-electron chi connectivity index (χ1n) is 20.5. The van der Waals surface area contributed by atoms with Crippen LogP contribution >= 0.6 is 0 Å². The highest BCUT2D eigenvalue weighted by atomic mass is 16.3. The molecule has 0 fully saturated rings. The smallest absolute Gasteiger partial charge is 0.136 e. The normalized spacial score (nSPS) is 11.3. The van der Waals surface area contributed by atoms with Crippen LogP contribution in [0.2, 0.25) is 0 Å². The number of para-hydroxylation sites is 2. The number of nitrogens with zero attached hydrogens (tertiary/aromatic N) is 1. The van der Waals surface area contributed by atoms with Gasteiger partial charge in [-0.3, -0.25) is 0 Å². The first-order chi connectivity index (χ1) is 29.7. The summed E-state index contributed by atoms with van der Waals surface area (Å²) in [5.41, 5.74) is 16.8. The lowest BCUT2D eigenvalue weighted by Gasteiger charge is -2.28. The third-order valence-corrected chi connectivity index (χ3v) is 11.7. The second-order valence-corrected chi connectivity index (χ2v) is 15.3. The summed E-state index contributed by atoms with van der Waals surface area (Å²) in [5.74, 6) is 0. The molecule has 0 bridgehead atoms. The molecule has 0 saturated carbocycles. The SMILES string of the molecule is c1ccc(-c2cc(-c3ccccc3)cc(-c3ccc(N(c4ccc(-c5cccc6ccccc56)cc4)c4ccccc4-c4cccc5oc6ccccc6c45)cc3)c2)cc1. The molecule has 10 aromatic carbocycles. The van der Waals surface area contributed by atoms with Gasteiger partial charge in [0.15, 0.2) is 0 Å². The largest absolute Gasteiger partial charge is 0.456 e. The molecular weight excluding hydrogens is 727 g/mol. The summed E-state index contributed by atoms with van der Waals surface area (Å²) >= 11 is 0. The predicted molar refractivity (Wildman–Crippen MR) is 253 cm³/mol. The van der Waals surface area contributed by atoms with Crippen LogP contribution in [0.5, 0.6) is 0 Å². The lowest BCUT2D eigenvalue weighted by Crippen LogP contribution is -2.11. The number of anilines is 3. The minimum absolute atomic E-state index is 0.881. The van der Waals surface area contributed by atoms with E-state index in [1.165, 1.54) is 49.7 Å². The van der Waals surface area contributed by atoms with E-state index in [1.807, 2.05) is 6.07 Å². The molecule has 0 aliphatic heterocycles. The maximum Gasteiger partial charge on any atom is 0.136 e. The molecule has 0 aliphatic carbocycles. The zero-order chi connectivity index (χ0) is 39.8. The summed E-state index contributed by atoms with van der Waals surface area (Å²) in [5, 5.41) is 4.72. The number of hydrogen-bond acceptors (Lipinski definition) is 2. The number of fused-ring (bicyclic) bond motifs is 4. The van der Waals surface area contributed by atoms with E-state index in [2.05, 4.69) is 235 Å². The van der Waals surface area contributed by atoms with Crippen LogP contribution in [0.4, 0.5) is 17.1 Å². The molecule has 0 spiro atoms. The highest BCUT2D eigenvalue weighted by Gasteiger charge is 2.21. The molecule has 2 nitrogen and oxygen atoms in total. The molecule has 0 unspecified atom stereocenters. The molecule has 0 radical (unpaired) electrons. The van der Waals surface area contributed by atoms with Crippen LogP contribution in [0.3, 0.4) is 0 Å². The van der Waals surface area contributed by atoms with Crippen molar-refractivity contribution in [1.82, 2.24) is 0 Å².